The Morgan fingerprint density at radius 2 is 1.00 bits per heavy atom. The Kier molecular flexibility index (Phi) is 5.16. The van der Waals surface area contributed by atoms with E-state index in [1.165, 1.54) is 0 Å². The maximum Gasteiger partial charge on any atom is 0.453 e. The third-order valence-electron chi connectivity index (χ3n) is 4.32. The second-order valence-corrected chi connectivity index (χ2v) is 6.39. The Hall–Kier alpha value is -3.80. The van der Waals surface area contributed by atoms with Gasteiger partial charge in [-0.25, -0.2) is 9.59 Å². The van der Waals surface area contributed by atoms with Crippen molar-refractivity contribution in [2.75, 3.05) is 0 Å². The quantitative estimate of drug-likeness (QED) is 0.473. The summed E-state index contributed by atoms with van der Waals surface area (Å²) in [4.78, 5) is 25.8. The number of hydrogen-bond acceptors (Lipinski definition) is 6. The molecule has 1 aliphatic heterocycles. The highest BCUT2D eigenvalue weighted by Crippen LogP contribution is 2.40. The van der Waals surface area contributed by atoms with Gasteiger partial charge in [-0.1, -0.05) is 72.8 Å². The second kappa shape index (κ2) is 8.06. The minimum atomic E-state index is -2.34. The number of carbonyl (C=O) groups is 2. The van der Waals surface area contributed by atoms with Gasteiger partial charge in [-0.05, 0) is 23.3 Å². The van der Waals surface area contributed by atoms with Crippen molar-refractivity contribution >= 4 is 11.9 Å². The summed E-state index contributed by atoms with van der Waals surface area (Å²) in [5.41, 5.74) is 1.54. The van der Waals surface area contributed by atoms with Crippen molar-refractivity contribution in [3.05, 3.63) is 96.1 Å². The lowest BCUT2D eigenvalue weighted by Crippen LogP contribution is -2.55. The summed E-state index contributed by atoms with van der Waals surface area (Å²) in [7, 11) is 0. The molecule has 29 heavy (non-hydrogen) atoms. The van der Waals surface area contributed by atoms with E-state index in [9.17, 15) is 9.59 Å². The molecule has 3 aromatic rings. The van der Waals surface area contributed by atoms with Gasteiger partial charge in [-0.15, -0.1) is 0 Å². The molecule has 0 N–H and O–H groups in total. The fourth-order valence-electron chi connectivity index (χ4n) is 2.84. The molecule has 0 saturated carbocycles. The second-order valence-electron chi connectivity index (χ2n) is 6.39. The summed E-state index contributed by atoms with van der Waals surface area (Å²) in [5.74, 6) is -3.76. The molecule has 6 heteroatoms. The van der Waals surface area contributed by atoms with Gasteiger partial charge in [0.2, 0.25) is 0 Å². The maximum absolute atomic E-state index is 12.9. The predicted molar refractivity (Wildman–Crippen MR) is 103 cm³/mol. The molecule has 4 rings (SSSR count). The van der Waals surface area contributed by atoms with Gasteiger partial charge in [-0.3, -0.25) is 0 Å². The first-order valence-electron chi connectivity index (χ1n) is 9.07. The smallest absolute Gasteiger partial charge is 0.453 e. The maximum atomic E-state index is 12.9. The van der Waals surface area contributed by atoms with Crippen LogP contribution in [0.4, 0.5) is 0 Å². The van der Waals surface area contributed by atoms with E-state index in [1.807, 2.05) is 36.4 Å². The van der Waals surface area contributed by atoms with Gasteiger partial charge in [-0.2, -0.15) is 0 Å². The number of para-hydroxylation sites is 2. The number of hydrogen-bond donors (Lipinski definition) is 0. The predicted octanol–water partition coefficient (Wildman–Crippen LogP) is 3.64. The van der Waals surface area contributed by atoms with Crippen LogP contribution < -0.4 is 9.47 Å². The molecule has 0 amide bonds. The molecular weight excluding hydrogens is 372 g/mol. The minimum absolute atomic E-state index is 0.0313. The molecule has 3 aromatic carbocycles. The van der Waals surface area contributed by atoms with Crippen molar-refractivity contribution in [2.24, 2.45) is 0 Å². The normalized spacial score (nSPS) is 13.5. The van der Waals surface area contributed by atoms with Gasteiger partial charge in [0.05, 0.1) is 0 Å². The lowest BCUT2D eigenvalue weighted by molar-refractivity contribution is -0.204. The summed E-state index contributed by atoms with van der Waals surface area (Å²) >= 11 is 0. The Morgan fingerprint density at radius 1 is 0.621 bits per heavy atom. The van der Waals surface area contributed by atoms with Gasteiger partial charge in [0.1, 0.15) is 13.2 Å². The molecule has 0 aromatic heterocycles. The first kappa shape index (κ1) is 18.6. The first-order valence-corrected chi connectivity index (χ1v) is 9.07. The average Bonchev–Trinajstić information content (AvgIpc) is 3.18. The third kappa shape index (κ3) is 3.91. The van der Waals surface area contributed by atoms with Crippen molar-refractivity contribution in [1.82, 2.24) is 0 Å². The largest absolute Gasteiger partial charge is 0.455 e. The van der Waals surface area contributed by atoms with E-state index >= 15 is 0 Å². The van der Waals surface area contributed by atoms with Gasteiger partial charge >= 0.3 is 17.7 Å². The summed E-state index contributed by atoms with van der Waals surface area (Å²) in [6.45, 7) is -0.0626. The van der Waals surface area contributed by atoms with Crippen molar-refractivity contribution in [3.63, 3.8) is 0 Å². The molecule has 146 valence electrons. The van der Waals surface area contributed by atoms with E-state index in [0.29, 0.717) is 0 Å². The summed E-state index contributed by atoms with van der Waals surface area (Å²) in [6.07, 6.45) is 0. The highest BCUT2D eigenvalue weighted by Gasteiger charge is 2.59. The Labute approximate surface area is 167 Å². The van der Waals surface area contributed by atoms with E-state index in [1.54, 1.807) is 48.5 Å². The van der Waals surface area contributed by atoms with E-state index in [0.717, 1.165) is 11.1 Å². The topological polar surface area (TPSA) is 71.1 Å². The zero-order valence-corrected chi connectivity index (χ0v) is 15.4. The van der Waals surface area contributed by atoms with Crippen LogP contribution >= 0.6 is 0 Å². The van der Waals surface area contributed by atoms with E-state index < -0.39 is 17.7 Å². The molecule has 0 aliphatic carbocycles. The number of esters is 2. The van der Waals surface area contributed by atoms with Crippen molar-refractivity contribution in [3.8, 4) is 11.5 Å². The molecule has 0 spiro atoms. The first-order chi connectivity index (χ1) is 14.2. The zero-order valence-electron chi connectivity index (χ0n) is 15.4. The van der Waals surface area contributed by atoms with Gasteiger partial charge < -0.3 is 18.9 Å². The van der Waals surface area contributed by atoms with Crippen molar-refractivity contribution < 1.29 is 28.5 Å². The van der Waals surface area contributed by atoms with Crippen LogP contribution in [-0.4, -0.2) is 17.7 Å². The zero-order chi connectivity index (χ0) is 20.1. The van der Waals surface area contributed by atoms with E-state index in [4.69, 9.17) is 18.9 Å². The fraction of sp³-hybridized carbons (Fsp3) is 0.130. The highest BCUT2D eigenvalue weighted by molar-refractivity contribution is 6.03. The molecule has 0 unspecified atom stereocenters. The highest BCUT2D eigenvalue weighted by atomic mass is 16.8. The molecular formula is C23H18O6. The molecule has 1 heterocycles. The molecule has 1 aliphatic rings. The summed E-state index contributed by atoms with van der Waals surface area (Å²) in [5, 5.41) is 0. The standard InChI is InChI=1S/C23H18O6/c24-21(26-15-17-9-3-1-4-10-17)23(28-19-13-7-8-14-20(19)29-23)22(25)27-16-18-11-5-2-6-12-18/h1-14H,15-16H2. The SMILES string of the molecule is O=C(OCc1ccccc1)C1(C(=O)OCc2ccccc2)Oc2ccccc2O1. The number of fused-ring (bicyclic) bond motifs is 1. The third-order valence-corrected chi connectivity index (χ3v) is 4.32. The van der Waals surface area contributed by atoms with Crippen LogP contribution in [0.5, 0.6) is 11.5 Å². The fourth-order valence-corrected chi connectivity index (χ4v) is 2.84. The van der Waals surface area contributed by atoms with Crippen LogP contribution in [-0.2, 0) is 32.3 Å². The van der Waals surface area contributed by atoms with Crippen LogP contribution in [0.25, 0.3) is 0 Å². The number of benzene rings is 3. The van der Waals surface area contributed by atoms with Crippen LogP contribution in [0.15, 0.2) is 84.9 Å². The molecule has 6 nitrogen and oxygen atoms in total. The van der Waals surface area contributed by atoms with Gasteiger partial charge in [0.15, 0.2) is 11.5 Å². The Balaban J connectivity index is 1.53. The van der Waals surface area contributed by atoms with E-state index in [-0.39, 0.29) is 24.7 Å². The summed E-state index contributed by atoms with van der Waals surface area (Å²) in [6, 6.07) is 24.9. The van der Waals surface area contributed by atoms with Crippen LogP contribution in [0.2, 0.25) is 0 Å². The molecule has 0 fully saturated rings. The van der Waals surface area contributed by atoms with Crippen molar-refractivity contribution in [1.29, 1.82) is 0 Å². The number of rotatable bonds is 6. The van der Waals surface area contributed by atoms with Gasteiger partial charge in [0, 0.05) is 0 Å². The van der Waals surface area contributed by atoms with Crippen LogP contribution in [0, 0.1) is 0 Å². The molecule has 0 bridgehead atoms. The Morgan fingerprint density at radius 3 is 1.41 bits per heavy atom. The van der Waals surface area contributed by atoms with Crippen LogP contribution in [0.3, 0.4) is 0 Å². The molecule has 0 saturated heterocycles. The molecule has 0 radical (unpaired) electrons. The number of ether oxygens (including phenoxy) is 4. The minimum Gasteiger partial charge on any atom is -0.455 e. The lowest BCUT2D eigenvalue weighted by Gasteiger charge is -2.23. The van der Waals surface area contributed by atoms with Crippen molar-refractivity contribution in [2.45, 2.75) is 19.0 Å². The average molecular weight is 390 g/mol. The molecule has 0 atom stereocenters. The van der Waals surface area contributed by atoms with E-state index in [2.05, 4.69) is 0 Å². The lowest BCUT2D eigenvalue weighted by atomic mass is 10.2. The Bertz CT molecular complexity index is 918. The monoisotopic (exact) mass is 390 g/mol. The summed E-state index contributed by atoms with van der Waals surface area (Å²) < 4.78 is 21.9. The van der Waals surface area contributed by atoms with Crippen LogP contribution in [0.1, 0.15) is 11.1 Å². The number of carbonyl (C=O) groups excluding carboxylic acids is 2. The van der Waals surface area contributed by atoms with Gasteiger partial charge in [0.25, 0.3) is 0 Å².